The second-order valence-electron chi connectivity index (χ2n) is 3.64. The van der Waals surface area contributed by atoms with Gasteiger partial charge in [0, 0.05) is 18.2 Å². The molecule has 0 amide bonds. The van der Waals surface area contributed by atoms with Crippen LogP contribution < -0.4 is 14.8 Å². The van der Waals surface area contributed by atoms with E-state index < -0.39 is 5.97 Å². The Kier molecular flexibility index (Phi) is 5.05. The maximum absolute atomic E-state index is 10.6. The predicted molar refractivity (Wildman–Crippen MR) is 69.4 cm³/mol. The lowest BCUT2D eigenvalue weighted by molar-refractivity contribution is -0.132. The number of carboxylic acids is 1. The Morgan fingerprint density at radius 1 is 1.39 bits per heavy atom. The number of benzene rings is 1. The van der Waals surface area contributed by atoms with Gasteiger partial charge in [-0.15, -0.1) is 0 Å². The van der Waals surface area contributed by atoms with Gasteiger partial charge in [-0.2, -0.15) is 0 Å². The van der Waals surface area contributed by atoms with Gasteiger partial charge in [0.1, 0.15) is 11.5 Å². The summed E-state index contributed by atoms with van der Waals surface area (Å²) in [4.78, 5) is 10.6. The van der Waals surface area contributed by atoms with Gasteiger partial charge in [0.25, 0.3) is 0 Å². The first-order chi connectivity index (χ1) is 8.58. The molecule has 18 heavy (non-hydrogen) atoms. The number of hydrogen-bond acceptors (Lipinski definition) is 4. The zero-order valence-electron chi connectivity index (χ0n) is 10.7. The van der Waals surface area contributed by atoms with E-state index in [4.69, 9.17) is 14.6 Å². The lowest BCUT2D eigenvalue weighted by Crippen LogP contribution is -2.04. The molecule has 5 nitrogen and oxygen atoms in total. The molecule has 98 valence electrons. The monoisotopic (exact) mass is 251 g/mol. The highest BCUT2D eigenvalue weighted by molar-refractivity contribution is 5.85. The largest absolute Gasteiger partial charge is 0.497 e. The van der Waals surface area contributed by atoms with E-state index in [9.17, 15) is 4.79 Å². The van der Waals surface area contributed by atoms with Crippen LogP contribution in [0.2, 0.25) is 0 Å². The molecule has 0 atom stereocenters. The van der Waals surface area contributed by atoms with E-state index in [1.807, 2.05) is 6.07 Å². The first-order valence-electron chi connectivity index (χ1n) is 5.44. The number of carboxylic acid groups (broad SMARTS) is 1. The van der Waals surface area contributed by atoms with E-state index in [1.54, 1.807) is 39.4 Å². The molecule has 5 heteroatoms. The molecule has 0 heterocycles. The van der Waals surface area contributed by atoms with Crippen molar-refractivity contribution in [3.05, 3.63) is 29.8 Å². The van der Waals surface area contributed by atoms with Gasteiger partial charge in [-0.25, -0.2) is 4.79 Å². The van der Waals surface area contributed by atoms with E-state index in [1.165, 1.54) is 0 Å². The zero-order chi connectivity index (χ0) is 13.5. The van der Waals surface area contributed by atoms with Crippen LogP contribution in [0.4, 0.5) is 5.69 Å². The fourth-order valence-corrected chi connectivity index (χ4v) is 1.35. The molecule has 1 aromatic rings. The summed E-state index contributed by atoms with van der Waals surface area (Å²) in [6.45, 7) is 1.97. The first kappa shape index (κ1) is 13.9. The van der Waals surface area contributed by atoms with E-state index in [0.29, 0.717) is 23.6 Å². The summed E-state index contributed by atoms with van der Waals surface area (Å²) in [5, 5.41) is 11.8. The number of hydrogen-bond donors (Lipinski definition) is 2. The Balaban J connectivity index is 2.73. The number of anilines is 1. The number of aliphatic carboxylic acids is 1. The topological polar surface area (TPSA) is 67.8 Å². The van der Waals surface area contributed by atoms with Crippen LogP contribution in [-0.2, 0) is 4.79 Å². The molecule has 1 aromatic carbocycles. The second kappa shape index (κ2) is 6.54. The maximum atomic E-state index is 10.6. The SMILES string of the molecule is COc1ccc(NC/C=C(/C)C(=O)O)c(OC)c1. The standard InChI is InChI=1S/C13H17NO4/c1-9(13(15)16)6-7-14-11-5-4-10(17-2)8-12(11)18-3/h4-6,8,14H,7H2,1-3H3,(H,15,16)/b9-6-. The van der Waals surface area contributed by atoms with E-state index >= 15 is 0 Å². The average molecular weight is 251 g/mol. The molecule has 0 spiro atoms. The van der Waals surface area contributed by atoms with E-state index in [2.05, 4.69) is 5.32 Å². The van der Waals surface area contributed by atoms with Crippen LogP contribution in [0.5, 0.6) is 11.5 Å². The summed E-state index contributed by atoms with van der Waals surface area (Å²) in [7, 11) is 3.15. The molecule has 0 aliphatic heterocycles. The normalized spacial score (nSPS) is 10.9. The molecular formula is C13H17NO4. The minimum absolute atomic E-state index is 0.301. The van der Waals surface area contributed by atoms with Crippen molar-refractivity contribution in [3.8, 4) is 11.5 Å². The summed E-state index contributed by atoms with van der Waals surface area (Å²) in [5.41, 5.74) is 1.09. The van der Waals surface area contributed by atoms with Gasteiger partial charge in [-0.05, 0) is 19.1 Å². The summed E-state index contributed by atoms with van der Waals surface area (Å²) < 4.78 is 10.3. The molecule has 0 saturated heterocycles. The minimum Gasteiger partial charge on any atom is -0.497 e. The minimum atomic E-state index is -0.918. The third-order valence-corrected chi connectivity index (χ3v) is 2.45. The first-order valence-corrected chi connectivity index (χ1v) is 5.44. The number of carbonyl (C=O) groups is 1. The van der Waals surface area contributed by atoms with Crippen molar-refractivity contribution in [1.29, 1.82) is 0 Å². The third kappa shape index (κ3) is 3.69. The van der Waals surface area contributed by atoms with Crippen LogP contribution in [-0.4, -0.2) is 31.8 Å². The van der Waals surface area contributed by atoms with Crippen LogP contribution in [0, 0.1) is 0 Å². The summed E-state index contributed by atoms with van der Waals surface area (Å²) in [6.07, 6.45) is 1.60. The highest BCUT2D eigenvalue weighted by Gasteiger charge is 2.04. The van der Waals surface area contributed by atoms with Gasteiger partial charge in [0.05, 0.1) is 19.9 Å². The fourth-order valence-electron chi connectivity index (χ4n) is 1.35. The molecule has 0 bridgehead atoms. The molecule has 0 unspecified atom stereocenters. The molecule has 0 aliphatic carbocycles. The molecular weight excluding hydrogens is 234 g/mol. The Morgan fingerprint density at radius 2 is 2.11 bits per heavy atom. The fraction of sp³-hybridized carbons (Fsp3) is 0.308. The lowest BCUT2D eigenvalue weighted by Gasteiger charge is -2.11. The molecule has 2 N–H and O–H groups in total. The van der Waals surface area contributed by atoms with Crippen molar-refractivity contribution < 1.29 is 19.4 Å². The maximum Gasteiger partial charge on any atom is 0.331 e. The van der Waals surface area contributed by atoms with Crippen LogP contribution in [0.1, 0.15) is 6.92 Å². The van der Waals surface area contributed by atoms with E-state index in [-0.39, 0.29) is 0 Å². The van der Waals surface area contributed by atoms with Crippen molar-refractivity contribution in [2.75, 3.05) is 26.1 Å². The average Bonchev–Trinajstić information content (AvgIpc) is 2.38. The quantitative estimate of drug-likeness (QED) is 0.758. The highest BCUT2D eigenvalue weighted by Crippen LogP contribution is 2.28. The zero-order valence-corrected chi connectivity index (χ0v) is 10.7. The number of ether oxygens (including phenoxy) is 2. The van der Waals surface area contributed by atoms with Crippen molar-refractivity contribution in [2.24, 2.45) is 0 Å². The number of methoxy groups -OCH3 is 2. The molecule has 0 fully saturated rings. The van der Waals surface area contributed by atoms with Gasteiger partial charge < -0.3 is 19.9 Å². The number of rotatable bonds is 6. The lowest BCUT2D eigenvalue weighted by atomic mass is 10.2. The Hall–Kier alpha value is -2.17. The van der Waals surface area contributed by atoms with Gasteiger partial charge in [0.15, 0.2) is 0 Å². The van der Waals surface area contributed by atoms with Gasteiger partial charge in [-0.1, -0.05) is 6.08 Å². The third-order valence-electron chi connectivity index (χ3n) is 2.45. The van der Waals surface area contributed by atoms with E-state index in [0.717, 1.165) is 5.69 Å². The molecule has 0 aliphatic rings. The Labute approximate surface area is 106 Å². The van der Waals surface area contributed by atoms with Crippen LogP contribution in [0.25, 0.3) is 0 Å². The molecule has 0 radical (unpaired) electrons. The summed E-state index contributed by atoms with van der Waals surface area (Å²) in [6, 6.07) is 5.39. The van der Waals surface area contributed by atoms with Crippen molar-refractivity contribution in [2.45, 2.75) is 6.92 Å². The summed E-state index contributed by atoms with van der Waals surface area (Å²) >= 11 is 0. The second-order valence-corrected chi connectivity index (χ2v) is 3.64. The Morgan fingerprint density at radius 3 is 2.67 bits per heavy atom. The van der Waals surface area contributed by atoms with Crippen molar-refractivity contribution in [1.82, 2.24) is 0 Å². The van der Waals surface area contributed by atoms with Gasteiger partial charge in [0.2, 0.25) is 0 Å². The number of nitrogens with one attached hydrogen (secondary N) is 1. The van der Waals surface area contributed by atoms with Crippen molar-refractivity contribution in [3.63, 3.8) is 0 Å². The summed E-state index contributed by atoms with van der Waals surface area (Å²) in [5.74, 6) is 0.434. The van der Waals surface area contributed by atoms with Gasteiger partial charge >= 0.3 is 5.97 Å². The predicted octanol–water partition coefficient (Wildman–Crippen LogP) is 2.15. The van der Waals surface area contributed by atoms with Crippen LogP contribution in [0.15, 0.2) is 29.8 Å². The molecule has 1 rings (SSSR count). The highest BCUT2D eigenvalue weighted by atomic mass is 16.5. The van der Waals surface area contributed by atoms with Crippen LogP contribution >= 0.6 is 0 Å². The Bertz CT molecular complexity index is 454. The molecule has 0 saturated carbocycles. The molecule has 0 aromatic heterocycles. The van der Waals surface area contributed by atoms with Gasteiger partial charge in [-0.3, -0.25) is 0 Å². The smallest absolute Gasteiger partial charge is 0.331 e. The van der Waals surface area contributed by atoms with Crippen molar-refractivity contribution >= 4 is 11.7 Å². The van der Waals surface area contributed by atoms with Crippen LogP contribution in [0.3, 0.4) is 0 Å².